The molecule has 1 amide bonds. The Morgan fingerprint density at radius 2 is 1.81 bits per heavy atom. The molecule has 0 bridgehead atoms. The molecular weight excluding hydrogens is 448 g/mol. The van der Waals surface area contributed by atoms with Gasteiger partial charge in [0.2, 0.25) is 10.0 Å². The molecule has 2 aromatic carbocycles. The van der Waals surface area contributed by atoms with Crippen molar-refractivity contribution in [2.75, 3.05) is 38.7 Å². The van der Waals surface area contributed by atoms with Crippen molar-refractivity contribution < 1.29 is 22.7 Å². The lowest BCUT2D eigenvalue weighted by Crippen LogP contribution is -2.40. The van der Waals surface area contributed by atoms with E-state index in [2.05, 4.69) is 5.32 Å². The summed E-state index contributed by atoms with van der Waals surface area (Å²) in [5.74, 6) is 0.0579. The SMILES string of the molecule is COc1ccc(S(=O)(=O)N2CCOCC2)cc1NC(=O)c1sccc1-c1ccc(C)cc1. The monoisotopic (exact) mass is 472 g/mol. The lowest BCUT2D eigenvalue weighted by molar-refractivity contribution is 0.0730. The van der Waals surface area contributed by atoms with Crippen LogP contribution >= 0.6 is 11.3 Å². The van der Waals surface area contributed by atoms with Crippen molar-refractivity contribution in [2.45, 2.75) is 11.8 Å². The average Bonchev–Trinajstić information content (AvgIpc) is 3.30. The van der Waals surface area contributed by atoms with Gasteiger partial charge in [-0.25, -0.2) is 8.42 Å². The number of hydrogen-bond donors (Lipinski definition) is 1. The number of ether oxygens (including phenoxy) is 2. The number of carbonyl (C=O) groups is 1. The minimum absolute atomic E-state index is 0.0976. The molecule has 1 fully saturated rings. The number of benzene rings is 2. The zero-order valence-corrected chi connectivity index (χ0v) is 19.5. The standard InChI is InChI=1S/C23H24N2O5S2/c1-16-3-5-17(6-4-16)19-9-14-31-22(19)23(26)24-20-15-18(7-8-21(20)29-2)32(27,28)25-10-12-30-13-11-25/h3-9,14-15H,10-13H2,1-2H3,(H,24,26). The predicted octanol–water partition coefficient (Wildman–Crippen LogP) is 4.01. The summed E-state index contributed by atoms with van der Waals surface area (Å²) in [6.07, 6.45) is 0. The molecule has 168 valence electrons. The van der Waals surface area contributed by atoms with Crippen molar-refractivity contribution in [1.29, 1.82) is 0 Å². The Kier molecular flexibility index (Phi) is 6.61. The number of carbonyl (C=O) groups excluding carboxylic acids is 1. The van der Waals surface area contributed by atoms with Gasteiger partial charge >= 0.3 is 0 Å². The van der Waals surface area contributed by atoms with Gasteiger partial charge in [0.1, 0.15) is 5.75 Å². The fourth-order valence-electron chi connectivity index (χ4n) is 3.51. The molecule has 9 heteroatoms. The maximum Gasteiger partial charge on any atom is 0.266 e. The molecule has 4 rings (SSSR count). The highest BCUT2D eigenvalue weighted by Crippen LogP contribution is 2.33. The van der Waals surface area contributed by atoms with Gasteiger partial charge in [-0.05, 0) is 42.1 Å². The molecule has 0 radical (unpaired) electrons. The first-order chi connectivity index (χ1) is 15.4. The Balaban J connectivity index is 1.63. The van der Waals surface area contributed by atoms with Gasteiger partial charge < -0.3 is 14.8 Å². The third-order valence-corrected chi connectivity index (χ3v) is 8.07. The maximum atomic E-state index is 13.1. The number of sulfonamides is 1. The van der Waals surface area contributed by atoms with Crippen molar-refractivity contribution in [3.05, 3.63) is 64.4 Å². The van der Waals surface area contributed by atoms with Crippen LogP contribution in [0.25, 0.3) is 11.1 Å². The van der Waals surface area contributed by atoms with Crippen LogP contribution in [0.1, 0.15) is 15.2 Å². The number of aryl methyl sites for hydroxylation is 1. The minimum atomic E-state index is -3.71. The summed E-state index contributed by atoms with van der Waals surface area (Å²) < 4.78 is 38.1. The maximum absolute atomic E-state index is 13.1. The topological polar surface area (TPSA) is 84.9 Å². The lowest BCUT2D eigenvalue weighted by Gasteiger charge is -2.26. The van der Waals surface area contributed by atoms with Crippen molar-refractivity contribution in [1.82, 2.24) is 4.31 Å². The smallest absolute Gasteiger partial charge is 0.266 e. The van der Waals surface area contributed by atoms with Crippen molar-refractivity contribution in [3.8, 4) is 16.9 Å². The highest BCUT2D eigenvalue weighted by Gasteiger charge is 2.27. The summed E-state index contributed by atoms with van der Waals surface area (Å²) in [7, 11) is -2.23. The van der Waals surface area contributed by atoms with Crippen LogP contribution in [0.5, 0.6) is 5.75 Å². The second-order valence-corrected chi connectivity index (χ2v) is 10.2. The van der Waals surface area contributed by atoms with E-state index in [9.17, 15) is 13.2 Å². The number of hydrogen-bond acceptors (Lipinski definition) is 6. The number of morpholine rings is 1. The normalized spacial score (nSPS) is 14.8. The van der Waals surface area contributed by atoms with Crippen LogP contribution < -0.4 is 10.1 Å². The highest BCUT2D eigenvalue weighted by molar-refractivity contribution is 7.89. The molecule has 1 aromatic heterocycles. The second-order valence-electron chi connectivity index (χ2n) is 7.36. The van der Waals surface area contributed by atoms with E-state index < -0.39 is 10.0 Å². The molecule has 1 aliphatic heterocycles. The van der Waals surface area contributed by atoms with E-state index >= 15 is 0 Å². The van der Waals surface area contributed by atoms with Crippen LogP contribution in [0.4, 0.5) is 5.69 Å². The molecular formula is C23H24N2O5S2. The molecule has 0 aliphatic carbocycles. The van der Waals surface area contributed by atoms with E-state index in [4.69, 9.17) is 9.47 Å². The van der Waals surface area contributed by atoms with E-state index in [0.717, 1.165) is 16.7 Å². The van der Waals surface area contributed by atoms with Gasteiger partial charge in [0, 0.05) is 18.7 Å². The van der Waals surface area contributed by atoms with Gasteiger partial charge in [0.25, 0.3) is 5.91 Å². The summed E-state index contributed by atoms with van der Waals surface area (Å²) in [6, 6.07) is 14.3. The van der Waals surface area contributed by atoms with Crippen LogP contribution in [-0.2, 0) is 14.8 Å². The van der Waals surface area contributed by atoms with E-state index in [-0.39, 0.29) is 10.8 Å². The van der Waals surface area contributed by atoms with Crippen molar-refractivity contribution >= 4 is 33.0 Å². The zero-order valence-electron chi connectivity index (χ0n) is 17.8. The molecule has 3 aromatic rings. The van der Waals surface area contributed by atoms with Crippen molar-refractivity contribution in [3.63, 3.8) is 0 Å². The number of methoxy groups -OCH3 is 1. The van der Waals surface area contributed by atoms with Crippen LogP contribution in [0.2, 0.25) is 0 Å². The predicted molar refractivity (Wildman–Crippen MR) is 125 cm³/mol. The summed E-state index contributed by atoms with van der Waals surface area (Å²) in [6.45, 7) is 3.32. The van der Waals surface area contributed by atoms with Crippen LogP contribution in [0.15, 0.2) is 58.8 Å². The molecule has 0 saturated carbocycles. The molecule has 2 heterocycles. The third-order valence-electron chi connectivity index (χ3n) is 5.26. The largest absolute Gasteiger partial charge is 0.495 e. The molecule has 1 N–H and O–H groups in total. The lowest BCUT2D eigenvalue weighted by atomic mass is 10.0. The zero-order chi connectivity index (χ0) is 22.7. The van der Waals surface area contributed by atoms with Crippen LogP contribution in [0.3, 0.4) is 0 Å². The first kappa shape index (κ1) is 22.5. The first-order valence-corrected chi connectivity index (χ1v) is 12.4. The molecule has 0 unspecified atom stereocenters. The number of thiophene rings is 1. The van der Waals surface area contributed by atoms with Gasteiger partial charge in [0.15, 0.2) is 0 Å². The fourth-order valence-corrected chi connectivity index (χ4v) is 5.75. The first-order valence-electron chi connectivity index (χ1n) is 10.1. The Bertz CT molecular complexity index is 1210. The number of rotatable bonds is 6. The second kappa shape index (κ2) is 9.41. The molecule has 1 saturated heterocycles. The fraction of sp³-hybridized carbons (Fsp3) is 0.261. The Hall–Kier alpha value is -2.72. The highest BCUT2D eigenvalue weighted by atomic mass is 32.2. The molecule has 7 nitrogen and oxygen atoms in total. The van der Waals surface area contributed by atoms with Gasteiger partial charge in [-0.1, -0.05) is 29.8 Å². The average molecular weight is 473 g/mol. The number of anilines is 1. The van der Waals surface area contributed by atoms with Gasteiger partial charge in [0.05, 0.1) is 35.8 Å². The van der Waals surface area contributed by atoms with Crippen LogP contribution in [-0.4, -0.2) is 52.0 Å². The van der Waals surface area contributed by atoms with E-state index in [1.807, 2.05) is 42.6 Å². The van der Waals surface area contributed by atoms with Crippen molar-refractivity contribution in [2.24, 2.45) is 0 Å². The Morgan fingerprint density at radius 1 is 1.09 bits per heavy atom. The summed E-state index contributed by atoms with van der Waals surface area (Å²) in [4.78, 5) is 13.8. The molecule has 0 atom stereocenters. The molecule has 32 heavy (non-hydrogen) atoms. The van der Waals surface area contributed by atoms with E-state index in [1.54, 1.807) is 6.07 Å². The Labute approximate surface area is 191 Å². The number of amides is 1. The van der Waals surface area contributed by atoms with Gasteiger partial charge in [-0.3, -0.25) is 4.79 Å². The molecule has 1 aliphatic rings. The van der Waals surface area contributed by atoms with E-state index in [1.165, 1.54) is 34.9 Å². The number of nitrogens with zero attached hydrogens (tertiary/aromatic N) is 1. The Morgan fingerprint density at radius 3 is 2.50 bits per heavy atom. The minimum Gasteiger partial charge on any atom is -0.495 e. The van der Waals surface area contributed by atoms with E-state index in [0.29, 0.717) is 42.6 Å². The third kappa shape index (κ3) is 4.56. The van der Waals surface area contributed by atoms with Gasteiger partial charge in [-0.2, -0.15) is 4.31 Å². The van der Waals surface area contributed by atoms with Gasteiger partial charge in [-0.15, -0.1) is 11.3 Å². The quantitative estimate of drug-likeness (QED) is 0.586. The summed E-state index contributed by atoms with van der Waals surface area (Å²) in [5, 5.41) is 4.70. The van der Waals surface area contributed by atoms with Crippen LogP contribution in [0, 0.1) is 6.92 Å². The number of nitrogens with one attached hydrogen (secondary N) is 1. The summed E-state index contributed by atoms with van der Waals surface area (Å²) >= 11 is 1.33. The molecule has 0 spiro atoms. The summed E-state index contributed by atoms with van der Waals surface area (Å²) in [5.41, 5.74) is 3.20.